The van der Waals surface area contributed by atoms with Gasteiger partial charge in [0.15, 0.2) is 5.13 Å². The Kier molecular flexibility index (Phi) is 5.92. The number of carbonyl (C=O) groups is 1. The van der Waals surface area contributed by atoms with E-state index in [1.165, 1.54) is 0 Å². The fourth-order valence-electron chi connectivity index (χ4n) is 3.08. The summed E-state index contributed by atoms with van der Waals surface area (Å²) in [6.07, 6.45) is 7.68. The van der Waals surface area contributed by atoms with Crippen LogP contribution in [-0.2, 0) is 9.53 Å². The van der Waals surface area contributed by atoms with Crippen LogP contribution in [0.25, 0.3) is 16.3 Å². The number of rotatable bonds is 6. The lowest BCUT2D eigenvalue weighted by molar-refractivity contribution is -0.114. The first-order chi connectivity index (χ1) is 13.2. The van der Waals surface area contributed by atoms with E-state index >= 15 is 0 Å². The number of nitrogens with zero attached hydrogens (tertiary/aromatic N) is 2. The van der Waals surface area contributed by atoms with Crippen molar-refractivity contribution in [2.45, 2.75) is 23.8 Å². The lowest BCUT2D eigenvalue weighted by Crippen LogP contribution is -2.36. The predicted molar refractivity (Wildman–Crippen MR) is 116 cm³/mol. The number of hydrogen-bond acceptors (Lipinski definition) is 6. The maximum Gasteiger partial charge on any atom is 0.252 e. The Morgan fingerprint density at radius 3 is 3.07 bits per heavy atom. The van der Waals surface area contributed by atoms with Crippen molar-refractivity contribution in [1.29, 1.82) is 0 Å². The molecule has 0 spiro atoms. The van der Waals surface area contributed by atoms with Crippen LogP contribution in [0.1, 0.15) is 17.7 Å². The van der Waals surface area contributed by atoms with Gasteiger partial charge >= 0.3 is 0 Å². The zero-order valence-electron chi connectivity index (χ0n) is 15.0. The van der Waals surface area contributed by atoms with E-state index in [2.05, 4.69) is 12.1 Å². The summed E-state index contributed by atoms with van der Waals surface area (Å²) in [5.41, 5.74) is 0.970. The van der Waals surface area contributed by atoms with Crippen molar-refractivity contribution < 1.29 is 9.53 Å². The quantitative estimate of drug-likeness (QED) is 0.404. The minimum atomic E-state index is -0.0522. The molecule has 0 bridgehead atoms. The van der Waals surface area contributed by atoms with E-state index in [-0.39, 0.29) is 12.0 Å². The number of thiazole rings is 1. The molecular formula is C20H20N2O2S3. The van der Waals surface area contributed by atoms with Crippen LogP contribution in [0.15, 0.2) is 46.7 Å². The molecule has 4 nitrogen and oxygen atoms in total. The third kappa shape index (κ3) is 4.27. The summed E-state index contributed by atoms with van der Waals surface area (Å²) in [5, 5.41) is 2.74. The van der Waals surface area contributed by atoms with E-state index in [1.54, 1.807) is 45.4 Å². The first-order valence-electron chi connectivity index (χ1n) is 8.83. The second-order valence-electron chi connectivity index (χ2n) is 6.24. The summed E-state index contributed by atoms with van der Waals surface area (Å²) in [5.74, 6) is -0.0522. The highest BCUT2D eigenvalue weighted by Gasteiger charge is 2.25. The molecule has 1 amide bonds. The molecule has 1 fully saturated rings. The lowest BCUT2D eigenvalue weighted by Gasteiger charge is -2.21. The third-order valence-corrected chi connectivity index (χ3v) is 7.08. The molecule has 0 radical (unpaired) electrons. The van der Waals surface area contributed by atoms with Crippen molar-refractivity contribution in [3.8, 4) is 0 Å². The smallest absolute Gasteiger partial charge is 0.252 e. The second kappa shape index (κ2) is 8.56. The van der Waals surface area contributed by atoms with Crippen LogP contribution in [-0.4, -0.2) is 36.4 Å². The number of thioether (sulfide) groups is 1. The minimum absolute atomic E-state index is 0.0522. The molecule has 0 N–H and O–H groups in total. The van der Waals surface area contributed by atoms with Gasteiger partial charge in [-0.3, -0.25) is 9.69 Å². The summed E-state index contributed by atoms with van der Waals surface area (Å²) >= 11 is 4.86. The van der Waals surface area contributed by atoms with Crippen molar-refractivity contribution in [3.63, 3.8) is 0 Å². The molecule has 1 atom stereocenters. The zero-order valence-corrected chi connectivity index (χ0v) is 17.4. The Labute approximate surface area is 170 Å². The van der Waals surface area contributed by atoms with Crippen LogP contribution in [0, 0.1) is 0 Å². The number of fused-ring (bicyclic) bond motifs is 1. The molecule has 140 valence electrons. The largest absolute Gasteiger partial charge is 0.376 e. The van der Waals surface area contributed by atoms with Crippen LogP contribution in [0.5, 0.6) is 0 Å². The first-order valence-corrected chi connectivity index (χ1v) is 11.7. The van der Waals surface area contributed by atoms with Crippen molar-refractivity contribution in [2.24, 2.45) is 0 Å². The molecule has 0 saturated carbocycles. The highest BCUT2D eigenvalue weighted by Crippen LogP contribution is 2.34. The van der Waals surface area contributed by atoms with Crippen molar-refractivity contribution >= 4 is 61.8 Å². The Morgan fingerprint density at radius 1 is 1.41 bits per heavy atom. The van der Waals surface area contributed by atoms with E-state index in [0.29, 0.717) is 6.54 Å². The third-order valence-electron chi connectivity index (χ3n) is 4.43. The molecule has 3 aromatic rings. The van der Waals surface area contributed by atoms with Gasteiger partial charge in [-0.2, -0.15) is 0 Å². The van der Waals surface area contributed by atoms with Crippen molar-refractivity contribution in [3.05, 3.63) is 46.7 Å². The average Bonchev–Trinajstić information content (AvgIpc) is 3.45. The van der Waals surface area contributed by atoms with Gasteiger partial charge in [-0.15, -0.1) is 23.1 Å². The van der Waals surface area contributed by atoms with E-state index < -0.39 is 0 Å². The Bertz CT molecular complexity index is 943. The monoisotopic (exact) mass is 416 g/mol. The zero-order chi connectivity index (χ0) is 18.6. The van der Waals surface area contributed by atoms with E-state index in [0.717, 1.165) is 44.6 Å². The van der Waals surface area contributed by atoms with Gasteiger partial charge in [0, 0.05) is 22.5 Å². The van der Waals surface area contributed by atoms with Crippen LogP contribution >= 0.6 is 34.4 Å². The Hall–Kier alpha value is -1.67. The van der Waals surface area contributed by atoms with Gasteiger partial charge in [-0.05, 0) is 48.8 Å². The molecule has 7 heteroatoms. The molecule has 0 aliphatic carbocycles. The molecule has 3 heterocycles. The van der Waals surface area contributed by atoms with Gasteiger partial charge in [0.1, 0.15) is 0 Å². The maximum absolute atomic E-state index is 13.0. The summed E-state index contributed by atoms with van der Waals surface area (Å²) < 4.78 is 6.88. The number of carbonyl (C=O) groups excluding carboxylic acids is 1. The van der Waals surface area contributed by atoms with E-state index in [1.807, 2.05) is 35.9 Å². The van der Waals surface area contributed by atoms with Crippen LogP contribution in [0.4, 0.5) is 5.13 Å². The molecule has 1 aliphatic heterocycles. The second-order valence-corrected chi connectivity index (χ2v) is 9.07. The summed E-state index contributed by atoms with van der Waals surface area (Å²) in [7, 11) is 0. The van der Waals surface area contributed by atoms with E-state index in [9.17, 15) is 4.79 Å². The van der Waals surface area contributed by atoms with Gasteiger partial charge in [0.25, 0.3) is 5.91 Å². The fraction of sp³-hybridized carbons (Fsp3) is 0.300. The highest BCUT2D eigenvalue weighted by molar-refractivity contribution is 7.98. The number of ether oxygens (including phenoxy) is 1. The van der Waals surface area contributed by atoms with Gasteiger partial charge in [-0.1, -0.05) is 23.5 Å². The number of hydrogen-bond donors (Lipinski definition) is 0. The van der Waals surface area contributed by atoms with Gasteiger partial charge in [0.2, 0.25) is 0 Å². The molecule has 4 rings (SSSR count). The number of aromatic nitrogens is 1. The minimum Gasteiger partial charge on any atom is -0.376 e. The molecule has 27 heavy (non-hydrogen) atoms. The number of amides is 1. The number of para-hydroxylation sites is 1. The maximum atomic E-state index is 13.0. The van der Waals surface area contributed by atoms with Gasteiger partial charge in [-0.25, -0.2) is 4.98 Å². The molecule has 1 aromatic carbocycles. The SMILES string of the molecule is CSc1cccc2sc(N(C[C@H]3CCCO3)C(=O)/C=C/c3cccs3)nc12. The predicted octanol–water partition coefficient (Wildman–Crippen LogP) is 5.31. The van der Waals surface area contributed by atoms with Gasteiger partial charge < -0.3 is 4.74 Å². The number of benzene rings is 1. The van der Waals surface area contributed by atoms with Crippen LogP contribution < -0.4 is 4.90 Å². The summed E-state index contributed by atoms with van der Waals surface area (Å²) in [6, 6.07) is 10.2. The standard InChI is InChI=1S/C20H20N2O2S3/c1-25-16-7-2-8-17-19(16)21-20(27-17)22(13-14-5-3-11-24-14)18(23)10-9-15-6-4-12-26-15/h2,4,6-10,12,14H,3,5,11,13H2,1H3/b10-9+/t14-/m1/s1. The molecular weight excluding hydrogens is 396 g/mol. The molecule has 1 aliphatic rings. The van der Waals surface area contributed by atoms with Crippen LogP contribution in [0.3, 0.4) is 0 Å². The highest BCUT2D eigenvalue weighted by atomic mass is 32.2. The summed E-state index contributed by atoms with van der Waals surface area (Å²) in [4.78, 5) is 21.8. The van der Waals surface area contributed by atoms with E-state index in [4.69, 9.17) is 9.72 Å². The Morgan fingerprint density at radius 2 is 2.33 bits per heavy atom. The molecule has 1 saturated heterocycles. The number of thiophene rings is 1. The first kappa shape index (κ1) is 18.7. The van der Waals surface area contributed by atoms with Crippen LogP contribution in [0.2, 0.25) is 0 Å². The Balaban J connectivity index is 1.65. The van der Waals surface area contributed by atoms with Crippen molar-refractivity contribution in [2.75, 3.05) is 24.3 Å². The normalized spacial score (nSPS) is 17.1. The van der Waals surface area contributed by atoms with Gasteiger partial charge in [0.05, 0.1) is 22.9 Å². The average molecular weight is 417 g/mol. The number of anilines is 1. The molecule has 2 aromatic heterocycles. The fourth-order valence-corrected chi connectivity index (χ4v) is 5.33. The molecule has 0 unspecified atom stereocenters. The van der Waals surface area contributed by atoms with Crippen molar-refractivity contribution in [1.82, 2.24) is 4.98 Å². The summed E-state index contributed by atoms with van der Waals surface area (Å²) in [6.45, 7) is 1.32. The topological polar surface area (TPSA) is 42.4 Å². The lowest BCUT2D eigenvalue weighted by atomic mass is 10.2.